The summed E-state index contributed by atoms with van der Waals surface area (Å²) in [6.45, 7) is 4.24. The molecule has 0 saturated carbocycles. The van der Waals surface area contributed by atoms with E-state index in [4.69, 9.17) is 0 Å². The van der Waals surface area contributed by atoms with Crippen molar-refractivity contribution in [2.45, 2.75) is 19.8 Å². The van der Waals surface area contributed by atoms with Crippen molar-refractivity contribution in [3.8, 4) is 16.9 Å². The van der Waals surface area contributed by atoms with Crippen LogP contribution in [0.4, 0.5) is 0 Å². The van der Waals surface area contributed by atoms with Crippen LogP contribution in [0.25, 0.3) is 11.1 Å². The fourth-order valence-electron chi connectivity index (χ4n) is 1.93. The molecule has 0 atom stereocenters. The number of rotatable bonds is 3. The van der Waals surface area contributed by atoms with Crippen molar-refractivity contribution in [2.24, 2.45) is 0 Å². The lowest BCUT2D eigenvalue weighted by Gasteiger charge is -2.11. The van der Waals surface area contributed by atoms with E-state index in [9.17, 15) is 9.90 Å². The van der Waals surface area contributed by atoms with Crippen LogP contribution in [0.5, 0.6) is 5.75 Å². The second-order valence-corrected chi connectivity index (χ2v) is 4.67. The van der Waals surface area contributed by atoms with Gasteiger partial charge >= 0.3 is 0 Å². The predicted octanol–water partition coefficient (Wildman–Crippen LogP) is 4.00. The maximum absolute atomic E-state index is 11.1. The van der Waals surface area contributed by atoms with E-state index in [0.29, 0.717) is 11.5 Å². The number of carbonyl (C=O) groups excluding carboxylic acids is 1. The fourth-order valence-corrected chi connectivity index (χ4v) is 1.93. The van der Waals surface area contributed by atoms with E-state index < -0.39 is 0 Å². The second-order valence-electron chi connectivity index (χ2n) is 4.67. The molecule has 0 saturated heterocycles. The van der Waals surface area contributed by atoms with Crippen LogP contribution in [-0.4, -0.2) is 11.4 Å². The molecule has 0 heterocycles. The summed E-state index contributed by atoms with van der Waals surface area (Å²) < 4.78 is 0. The molecule has 0 aliphatic heterocycles. The zero-order valence-corrected chi connectivity index (χ0v) is 10.6. The lowest BCUT2D eigenvalue weighted by Crippen LogP contribution is -1.93. The standard InChI is InChI=1S/C16H16O2/c1-11(2)13-3-4-14(10-17)16(9-13)12-5-7-15(18)8-6-12/h3-11,18H,1-2H3. The van der Waals surface area contributed by atoms with Crippen LogP contribution in [0.3, 0.4) is 0 Å². The Morgan fingerprint density at radius 3 is 2.28 bits per heavy atom. The van der Waals surface area contributed by atoms with Crippen LogP contribution in [0, 0.1) is 0 Å². The van der Waals surface area contributed by atoms with Gasteiger partial charge in [0.15, 0.2) is 6.29 Å². The summed E-state index contributed by atoms with van der Waals surface area (Å²) in [5, 5.41) is 9.30. The fraction of sp³-hybridized carbons (Fsp3) is 0.188. The normalized spacial score (nSPS) is 10.6. The first-order valence-electron chi connectivity index (χ1n) is 6.00. The SMILES string of the molecule is CC(C)c1ccc(C=O)c(-c2ccc(O)cc2)c1. The Kier molecular flexibility index (Phi) is 3.47. The summed E-state index contributed by atoms with van der Waals surface area (Å²) in [5.74, 6) is 0.646. The number of phenolic OH excluding ortho intramolecular Hbond substituents is 1. The van der Waals surface area contributed by atoms with Crippen molar-refractivity contribution in [1.29, 1.82) is 0 Å². The van der Waals surface area contributed by atoms with Crippen LogP contribution < -0.4 is 0 Å². The summed E-state index contributed by atoms with van der Waals surface area (Å²) >= 11 is 0. The molecule has 2 aromatic carbocycles. The average Bonchev–Trinajstić information content (AvgIpc) is 2.39. The topological polar surface area (TPSA) is 37.3 Å². The second kappa shape index (κ2) is 5.05. The minimum atomic E-state index is 0.228. The quantitative estimate of drug-likeness (QED) is 0.823. The van der Waals surface area contributed by atoms with Gasteiger partial charge in [0.2, 0.25) is 0 Å². The number of phenols is 1. The molecule has 0 fully saturated rings. The highest BCUT2D eigenvalue weighted by Gasteiger charge is 2.08. The van der Waals surface area contributed by atoms with Gasteiger partial charge in [-0.25, -0.2) is 0 Å². The largest absolute Gasteiger partial charge is 0.508 e. The third kappa shape index (κ3) is 2.43. The van der Waals surface area contributed by atoms with E-state index in [2.05, 4.69) is 13.8 Å². The molecule has 92 valence electrons. The number of carbonyl (C=O) groups is 1. The van der Waals surface area contributed by atoms with Crippen molar-refractivity contribution in [1.82, 2.24) is 0 Å². The summed E-state index contributed by atoms with van der Waals surface area (Å²) in [6.07, 6.45) is 0.867. The van der Waals surface area contributed by atoms with Crippen LogP contribution in [0.1, 0.15) is 35.7 Å². The Morgan fingerprint density at radius 2 is 1.72 bits per heavy atom. The van der Waals surface area contributed by atoms with E-state index in [1.165, 1.54) is 5.56 Å². The first-order valence-corrected chi connectivity index (χ1v) is 6.00. The van der Waals surface area contributed by atoms with Crippen molar-refractivity contribution in [3.63, 3.8) is 0 Å². The molecule has 0 spiro atoms. The number of aromatic hydroxyl groups is 1. The van der Waals surface area contributed by atoms with Crippen LogP contribution in [0.2, 0.25) is 0 Å². The number of aldehydes is 1. The lowest BCUT2D eigenvalue weighted by atomic mass is 9.94. The molecule has 0 aliphatic carbocycles. The Morgan fingerprint density at radius 1 is 1.06 bits per heavy atom. The molecule has 0 radical (unpaired) electrons. The minimum Gasteiger partial charge on any atom is -0.508 e. The monoisotopic (exact) mass is 240 g/mol. The molecule has 0 bridgehead atoms. The first kappa shape index (κ1) is 12.4. The third-order valence-electron chi connectivity index (χ3n) is 3.05. The van der Waals surface area contributed by atoms with Gasteiger partial charge in [-0.15, -0.1) is 0 Å². The zero-order chi connectivity index (χ0) is 13.1. The summed E-state index contributed by atoms with van der Waals surface area (Å²) in [5.41, 5.74) is 3.72. The Hall–Kier alpha value is -2.09. The predicted molar refractivity (Wildman–Crippen MR) is 73.0 cm³/mol. The highest BCUT2D eigenvalue weighted by Crippen LogP contribution is 2.28. The molecule has 2 heteroatoms. The van der Waals surface area contributed by atoms with Crippen molar-refractivity contribution in [2.75, 3.05) is 0 Å². The molecular weight excluding hydrogens is 224 g/mol. The third-order valence-corrected chi connectivity index (χ3v) is 3.05. The van der Waals surface area contributed by atoms with E-state index in [0.717, 1.165) is 17.4 Å². The van der Waals surface area contributed by atoms with E-state index in [-0.39, 0.29) is 5.75 Å². The van der Waals surface area contributed by atoms with Crippen molar-refractivity contribution >= 4 is 6.29 Å². The average molecular weight is 240 g/mol. The van der Waals surface area contributed by atoms with Gasteiger partial charge in [0.1, 0.15) is 5.75 Å². The van der Waals surface area contributed by atoms with Gasteiger partial charge in [-0.3, -0.25) is 4.79 Å². The van der Waals surface area contributed by atoms with Gasteiger partial charge in [0.05, 0.1) is 0 Å². The number of hydrogen-bond donors (Lipinski definition) is 1. The number of hydrogen-bond acceptors (Lipinski definition) is 2. The van der Waals surface area contributed by atoms with Crippen LogP contribution in [-0.2, 0) is 0 Å². The molecule has 1 N–H and O–H groups in total. The first-order chi connectivity index (χ1) is 8.61. The highest BCUT2D eigenvalue weighted by atomic mass is 16.3. The molecule has 0 aromatic heterocycles. The van der Waals surface area contributed by atoms with Gasteiger partial charge in [0, 0.05) is 5.56 Å². The molecule has 0 aliphatic rings. The van der Waals surface area contributed by atoms with Crippen molar-refractivity contribution < 1.29 is 9.90 Å². The lowest BCUT2D eigenvalue weighted by molar-refractivity contribution is 0.112. The van der Waals surface area contributed by atoms with E-state index in [1.807, 2.05) is 30.3 Å². The summed E-state index contributed by atoms with van der Waals surface area (Å²) in [4.78, 5) is 11.1. The number of benzene rings is 2. The van der Waals surface area contributed by atoms with Gasteiger partial charge in [0.25, 0.3) is 0 Å². The van der Waals surface area contributed by atoms with Crippen LogP contribution >= 0.6 is 0 Å². The van der Waals surface area contributed by atoms with E-state index in [1.54, 1.807) is 12.1 Å². The van der Waals surface area contributed by atoms with E-state index >= 15 is 0 Å². The maximum Gasteiger partial charge on any atom is 0.150 e. The molecule has 0 unspecified atom stereocenters. The smallest absolute Gasteiger partial charge is 0.150 e. The highest BCUT2D eigenvalue weighted by molar-refractivity contribution is 5.88. The molecule has 2 nitrogen and oxygen atoms in total. The molecule has 0 amide bonds. The Labute approximate surface area is 107 Å². The van der Waals surface area contributed by atoms with Gasteiger partial charge in [-0.1, -0.05) is 44.2 Å². The van der Waals surface area contributed by atoms with Gasteiger partial charge in [-0.2, -0.15) is 0 Å². The zero-order valence-electron chi connectivity index (χ0n) is 10.6. The Balaban J connectivity index is 2.56. The van der Waals surface area contributed by atoms with Gasteiger partial charge < -0.3 is 5.11 Å². The maximum atomic E-state index is 11.1. The Bertz CT molecular complexity index is 554. The van der Waals surface area contributed by atoms with Crippen molar-refractivity contribution in [3.05, 3.63) is 53.6 Å². The minimum absolute atomic E-state index is 0.228. The molecule has 18 heavy (non-hydrogen) atoms. The molecular formula is C16H16O2. The molecule has 2 aromatic rings. The van der Waals surface area contributed by atoms with Gasteiger partial charge in [-0.05, 0) is 34.7 Å². The van der Waals surface area contributed by atoms with Crippen LogP contribution in [0.15, 0.2) is 42.5 Å². The molecule has 2 rings (SSSR count). The summed E-state index contributed by atoms with van der Waals surface area (Å²) in [6, 6.07) is 12.8. The summed E-state index contributed by atoms with van der Waals surface area (Å²) in [7, 11) is 0.